The lowest BCUT2D eigenvalue weighted by atomic mass is 9.80. The van der Waals surface area contributed by atoms with Gasteiger partial charge in [0.15, 0.2) is 0 Å². The average Bonchev–Trinajstić information content (AvgIpc) is 2.17. The van der Waals surface area contributed by atoms with Gasteiger partial charge < -0.3 is 11.1 Å². The molecule has 0 aromatic rings. The fourth-order valence-electron chi connectivity index (χ4n) is 1.89. The van der Waals surface area contributed by atoms with E-state index in [1.165, 1.54) is 0 Å². The van der Waals surface area contributed by atoms with Crippen molar-refractivity contribution in [2.75, 3.05) is 7.05 Å². The smallest absolute Gasteiger partial charge is 0.222 e. The van der Waals surface area contributed by atoms with Gasteiger partial charge >= 0.3 is 0 Å². The van der Waals surface area contributed by atoms with Crippen LogP contribution in [-0.2, 0) is 9.59 Å². The molecule has 1 saturated carbocycles. The molecule has 1 rings (SSSR count). The van der Waals surface area contributed by atoms with Crippen molar-refractivity contribution >= 4 is 11.8 Å². The highest BCUT2D eigenvalue weighted by atomic mass is 16.2. The first kappa shape index (κ1) is 10.0. The van der Waals surface area contributed by atoms with Gasteiger partial charge in [0.25, 0.3) is 0 Å². The van der Waals surface area contributed by atoms with Crippen molar-refractivity contribution < 1.29 is 9.59 Å². The number of nitrogens with two attached hydrogens (primary N) is 1. The van der Waals surface area contributed by atoms with E-state index in [1.54, 1.807) is 7.05 Å². The molecular formula is C9H16N2O2. The van der Waals surface area contributed by atoms with Crippen molar-refractivity contribution in [3.05, 3.63) is 0 Å². The van der Waals surface area contributed by atoms with E-state index in [0.717, 1.165) is 19.3 Å². The minimum absolute atomic E-state index is 0.0174. The van der Waals surface area contributed by atoms with Gasteiger partial charge in [-0.25, -0.2) is 0 Å². The van der Waals surface area contributed by atoms with Crippen LogP contribution in [0.4, 0.5) is 0 Å². The van der Waals surface area contributed by atoms with E-state index in [-0.39, 0.29) is 23.7 Å². The molecular weight excluding hydrogens is 168 g/mol. The maximum absolute atomic E-state index is 11.3. The van der Waals surface area contributed by atoms with Crippen LogP contribution in [0.3, 0.4) is 0 Å². The number of hydrogen-bond acceptors (Lipinski definition) is 2. The maximum atomic E-state index is 11.3. The summed E-state index contributed by atoms with van der Waals surface area (Å²) in [5, 5.41) is 2.60. The number of carbonyl (C=O) groups excluding carboxylic acids is 2. The predicted octanol–water partition coefficient (Wildman–Crippen LogP) is 0.0241. The first-order chi connectivity index (χ1) is 6.15. The van der Waals surface area contributed by atoms with Crippen LogP contribution in [0.1, 0.15) is 25.7 Å². The van der Waals surface area contributed by atoms with Crippen LogP contribution in [0.2, 0.25) is 0 Å². The summed E-state index contributed by atoms with van der Waals surface area (Å²) in [6, 6.07) is 0. The molecule has 0 heterocycles. The van der Waals surface area contributed by atoms with E-state index in [9.17, 15) is 9.59 Å². The molecule has 0 bridgehead atoms. The molecule has 0 aromatic heterocycles. The Morgan fingerprint density at radius 2 is 1.92 bits per heavy atom. The Morgan fingerprint density at radius 1 is 1.31 bits per heavy atom. The number of hydrogen-bond donors (Lipinski definition) is 2. The Bertz CT molecular complexity index is 216. The first-order valence-electron chi connectivity index (χ1n) is 4.66. The summed E-state index contributed by atoms with van der Waals surface area (Å²) in [7, 11) is 1.62. The monoisotopic (exact) mass is 184 g/mol. The zero-order chi connectivity index (χ0) is 9.84. The molecule has 1 aliphatic carbocycles. The van der Waals surface area contributed by atoms with Crippen LogP contribution in [-0.4, -0.2) is 18.9 Å². The van der Waals surface area contributed by atoms with E-state index >= 15 is 0 Å². The van der Waals surface area contributed by atoms with E-state index in [1.807, 2.05) is 0 Å². The molecule has 74 valence electrons. The second-order valence-electron chi connectivity index (χ2n) is 3.58. The van der Waals surface area contributed by atoms with E-state index in [4.69, 9.17) is 5.73 Å². The SMILES string of the molecule is CNC(=O)C1CCCC(C(N)=O)C1. The van der Waals surface area contributed by atoms with E-state index < -0.39 is 0 Å². The van der Waals surface area contributed by atoms with Crippen LogP contribution < -0.4 is 11.1 Å². The molecule has 2 atom stereocenters. The summed E-state index contributed by atoms with van der Waals surface area (Å²) in [6.07, 6.45) is 3.26. The summed E-state index contributed by atoms with van der Waals surface area (Å²) in [5.41, 5.74) is 5.20. The second kappa shape index (κ2) is 4.25. The summed E-state index contributed by atoms with van der Waals surface area (Å²) in [6.45, 7) is 0. The van der Waals surface area contributed by atoms with Gasteiger partial charge in [-0.3, -0.25) is 9.59 Å². The van der Waals surface area contributed by atoms with Crippen molar-refractivity contribution in [2.45, 2.75) is 25.7 Å². The third-order valence-corrected chi connectivity index (χ3v) is 2.69. The Hall–Kier alpha value is -1.06. The summed E-state index contributed by atoms with van der Waals surface area (Å²) in [5.74, 6) is -0.355. The average molecular weight is 184 g/mol. The van der Waals surface area contributed by atoms with Gasteiger partial charge in [-0.05, 0) is 19.3 Å². The fourth-order valence-corrected chi connectivity index (χ4v) is 1.89. The highest BCUT2D eigenvalue weighted by Gasteiger charge is 2.29. The third kappa shape index (κ3) is 2.44. The number of primary amides is 1. The summed E-state index contributed by atoms with van der Waals surface area (Å²) >= 11 is 0. The maximum Gasteiger partial charge on any atom is 0.222 e. The minimum Gasteiger partial charge on any atom is -0.369 e. The van der Waals surface area contributed by atoms with Gasteiger partial charge in [-0.2, -0.15) is 0 Å². The Kier molecular flexibility index (Phi) is 3.28. The molecule has 1 aliphatic rings. The number of rotatable bonds is 2. The first-order valence-corrected chi connectivity index (χ1v) is 4.66. The van der Waals surface area contributed by atoms with E-state index in [2.05, 4.69) is 5.32 Å². The molecule has 0 aliphatic heterocycles. The Balaban J connectivity index is 2.51. The van der Waals surface area contributed by atoms with Crippen molar-refractivity contribution in [1.29, 1.82) is 0 Å². The summed E-state index contributed by atoms with van der Waals surface area (Å²) in [4.78, 5) is 22.2. The lowest BCUT2D eigenvalue weighted by Crippen LogP contribution is -2.35. The third-order valence-electron chi connectivity index (χ3n) is 2.69. The number of amides is 2. The molecule has 13 heavy (non-hydrogen) atoms. The standard InChI is InChI=1S/C9H16N2O2/c1-11-9(13)7-4-2-3-6(5-7)8(10)12/h6-7H,2-5H2,1H3,(H2,10,12)(H,11,13). The van der Waals surface area contributed by atoms with Gasteiger partial charge in [-0.15, -0.1) is 0 Å². The topological polar surface area (TPSA) is 72.2 Å². The second-order valence-corrected chi connectivity index (χ2v) is 3.58. The van der Waals surface area contributed by atoms with Gasteiger partial charge in [-0.1, -0.05) is 6.42 Å². The van der Waals surface area contributed by atoms with Gasteiger partial charge in [0.1, 0.15) is 0 Å². The molecule has 3 N–H and O–H groups in total. The molecule has 2 unspecified atom stereocenters. The lowest BCUT2D eigenvalue weighted by molar-refractivity contribution is -0.128. The fraction of sp³-hybridized carbons (Fsp3) is 0.778. The zero-order valence-corrected chi connectivity index (χ0v) is 7.88. The van der Waals surface area contributed by atoms with Crippen LogP contribution in [0, 0.1) is 11.8 Å². The predicted molar refractivity (Wildman–Crippen MR) is 48.7 cm³/mol. The largest absolute Gasteiger partial charge is 0.369 e. The molecule has 4 heteroatoms. The molecule has 0 saturated heterocycles. The molecule has 4 nitrogen and oxygen atoms in total. The molecule has 2 amide bonds. The molecule has 0 radical (unpaired) electrons. The van der Waals surface area contributed by atoms with Crippen LogP contribution in [0.15, 0.2) is 0 Å². The van der Waals surface area contributed by atoms with Crippen molar-refractivity contribution in [1.82, 2.24) is 5.32 Å². The van der Waals surface area contributed by atoms with Crippen molar-refractivity contribution in [3.63, 3.8) is 0 Å². The minimum atomic E-state index is -0.270. The highest BCUT2D eigenvalue weighted by molar-refractivity contribution is 5.81. The van der Waals surface area contributed by atoms with Crippen molar-refractivity contribution in [3.8, 4) is 0 Å². The highest BCUT2D eigenvalue weighted by Crippen LogP contribution is 2.28. The normalized spacial score (nSPS) is 28.1. The van der Waals surface area contributed by atoms with Crippen LogP contribution in [0.5, 0.6) is 0 Å². The van der Waals surface area contributed by atoms with Gasteiger partial charge in [0.05, 0.1) is 0 Å². The van der Waals surface area contributed by atoms with Crippen molar-refractivity contribution in [2.24, 2.45) is 17.6 Å². The number of nitrogens with one attached hydrogen (secondary N) is 1. The van der Waals surface area contributed by atoms with Crippen LogP contribution in [0.25, 0.3) is 0 Å². The van der Waals surface area contributed by atoms with E-state index in [0.29, 0.717) is 6.42 Å². The quantitative estimate of drug-likeness (QED) is 0.635. The molecule has 0 spiro atoms. The molecule has 0 aromatic carbocycles. The lowest BCUT2D eigenvalue weighted by Gasteiger charge is -2.25. The van der Waals surface area contributed by atoms with Gasteiger partial charge in [0.2, 0.25) is 11.8 Å². The molecule has 1 fully saturated rings. The number of carbonyl (C=O) groups is 2. The Labute approximate surface area is 77.9 Å². The Morgan fingerprint density at radius 3 is 2.46 bits per heavy atom. The van der Waals surface area contributed by atoms with Crippen LogP contribution >= 0.6 is 0 Å². The summed E-state index contributed by atoms with van der Waals surface area (Å²) < 4.78 is 0. The van der Waals surface area contributed by atoms with Gasteiger partial charge in [0, 0.05) is 18.9 Å². The zero-order valence-electron chi connectivity index (χ0n) is 7.88.